The maximum atomic E-state index is 12.3. The summed E-state index contributed by atoms with van der Waals surface area (Å²) in [7, 11) is 0. The Balaban J connectivity index is 1.71. The fraction of sp³-hybridized carbons (Fsp3) is 0.118. The molecule has 0 saturated heterocycles. The van der Waals surface area contributed by atoms with Gasteiger partial charge in [-0.15, -0.1) is 11.3 Å². The highest BCUT2D eigenvalue weighted by Gasteiger charge is 2.17. The molecule has 1 atom stereocenters. The number of nitrogens with zero attached hydrogens (tertiary/aromatic N) is 1. The third-order valence-corrected chi connectivity index (χ3v) is 4.32. The molecule has 3 aromatic rings. The van der Waals surface area contributed by atoms with E-state index in [1.54, 1.807) is 5.38 Å². The first-order valence-corrected chi connectivity index (χ1v) is 8.12. The highest BCUT2D eigenvalue weighted by atomic mass is 32.1. The van der Waals surface area contributed by atoms with Crippen molar-refractivity contribution < 1.29 is 14.0 Å². The molecule has 7 heteroatoms. The number of anilines is 1. The largest absolute Gasteiger partial charge is 0.462 e. The summed E-state index contributed by atoms with van der Waals surface area (Å²) in [5.41, 5.74) is 6.94. The SMILES string of the molecule is C[C@H](C(=O)Nc1nc(-c2cc(C(N)=O)co2)cs1)c1ccccc1. The van der Waals surface area contributed by atoms with Gasteiger partial charge in [0.1, 0.15) is 12.0 Å². The van der Waals surface area contributed by atoms with E-state index in [9.17, 15) is 9.59 Å². The minimum absolute atomic E-state index is 0.139. The molecular weight excluding hydrogens is 326 g/mol. The van der Waals surface area contributed by atoms with Crippen molar-refractivity contribution in [2.75, 3.05) is 5.32 Å². The standard InChI is InChI=1S/C17H15N3O3S/c1-10(11-5-3-2-4-6-11)16(22)20-17-19-13(9-24-17)14-7-12(8-23-14)15(18)21/h2-10H,1H3,(H2,18,21)(H,19,20,22)/t10-/m0/s1. The number of hydrogen-bond acceptors (Lipinski definition) is 5. The van der Waals surface area contributed by atoms with Gasteiger partial charge in [-0.05, 0) is 18.6 Å². The number of amides is 2. The van der Waals surface area contributed by atoms with Crippen LogP contribution in [-0.2, 0) is 4.79 Å². The normalized spacial score (nSPS) is 11.9. The van der Waals surface area contributed by atoms with Crippen LogP contribution < -0.4 is 11.1 Å². The van der Waals surface area contributed by atoms with E-state index in [0.717, 1.165) is 5.56 Å². The molecule has 0 aliphatic carbocycles. The second-order valence-electron chi connectivity index (χ2n) is 5.22. The molecule has 24 heavy (non-hydrogen) atoms. The Morgan fingerprint density at radius 1 is 1.29 bits per heavy atom. The van der Waals surface area contributed by atoms with Gasteiger partial charge in [0, 0.05) is 5.38 Å². The third kappa shape index (κ3) is 3.36. The number of furan rings is 1. The molecule has 6 nitrogen and oxygen atoms in total. The minimum atomic E-state index is -0.564. The second-order valence-corrected chi connectivity index (χ2v) is 6.08. The molecule has 2 amide bonds. The van der Waals surface area contributed by atoms with Gasteiger partial charge in [0.25, 0.3) is 5.91 Å². The average molecular weight is 341 g/mol. The van der Waals surface area contributed by atoms with Gasteiger partial charge in [-0.25, -0.2) is 4.98 Å². The molecular formula is C17H15N3O3S. The summed E-state index contributed by atoms with van der Waals surface area (Å²) < 4.78 is 5.28. The van der Waals surface area contributed by atoms with Crippen LogP contribution in [0.2, 0.25) is 0 Å². The van der Waals surface area contributed by atoms with E-state index in [2.05, 4.69) is 10.3 Å². The van der Waals surface area contributed by atoms with Crippen molar-refractivity contribution in [3.8, 4) is 11.5 Å². The second kappa shape index (κ2) is 6.67. The van der Waals surface area contributed by atoms with E-state index in [1.807, 2.05) is 37.3 Å². The lowest BCUT2D eigenvalue weighted by molar-refractivity contribution is -0.117. The molecule has 0 saturated carbocycles. The molecule has 122 valence electrons. The molecule has 0 spiro atoms. The number of carbonyl (C=O) groups excluding carboxylic acids is 2. The van der Waals surface area contributed by atoms with Crippen LogP contribution in [0.25, 0.3) is 11.5 Å². The summed E-state index contributed by atoms with van der Waals surface area (Å²) in [5.74, 6) is -0.565. The van der Waals surface area contributed by atoms with Crippen LogP contribution in [0.15, 0.2) is 52.5 Å². The van der Waals surface area contributed by atoms with Crippen LogP contribution in [0.5, 0.6) is 0 Å². The topological polar surface area (TPSA) is 98.2 Å². The van der Waals surface area contributed by atoms with Crippen molar-refractivity contribution >= 4 is 28.3 Å². The highest BCUT2D eigenvalue weighted by Crippen LogP contribution is 2.27. The lowest BCUT2D eigenvalue weighted by atomic mass is 10.0. The molecule has 0 fully saturated rings. The predicted molar refractivity (Wildman–Crippen MR) is 91.8 cm³/mol. The van der Waals surface area contributed by atoms with E-state index < -0.39 is 5.91 Å². The Kier molecular flexibility index (Phi) is 4.43. The first-order chi connectivity index (χ1) is 11.5. The smallest absolute Gasteiger partial charge is 0.251 e. The first kappa shape index (κ1) is 15.9. The summed E-state index contributed by atoms with van der Waals surface area (Å²) >= 11 is 1.28. The van der Waals surface area contributed by atoms with Crippen LogP contribution in [-0.4, -0.2) is 16.8 Å². The van der Waals surface area contributed by atoms with E-state index in [4.69, 9.17) is 10.2 Å². The van der Waals surface area contributed by atoms with Crippen LogP contribution in [0.1, 0.15) is 28.8 Å². The number of hydrogen-bond donors (Lipinski definition) is 2. The van der Waals surface area contributed by atoms with Crippen molar-refractivity contribution in [2.24, 2.45) is 5.73 Å². The zero-order chi connectivity index (χ0) is 17.1. The summed E-state index contributed by atoms with van der Waals surface area (Å²) in [6, 6.07) is 11.0. The minimum Gasteiger partial charge on any atom is -0.462 e. The molecule has 2 aromatic heterocycles. The quantitative estimate of drug-likeness (QED) is 0.744. The van der Waals surface area contributed by atoms with Crippen LogP contribution >= 0.6 is 11.3 Å². The van der Waals surface area contributed by atoms with Crippen molar-refractivity contribution in [3.63, 3.8) is 0 Å². The lowest BCUT2D eigenvalue weighted by Gasteiger charge is -2.10. The number of benzene rings is 1. The van der Waals surface area contributed by atoms with E-state index in [-0.39, 0.29) is 17.4 Å². The Morgan fingerprint density at radius 3 is 2.71 bits per heavy atom. The zero-order valence-electron chi connectivity index (χ0n) is 12.9. The molecule has 1 aromatic carbocycles. The molecule has 3 N–H and O–H groups in total. The van der Waals surface area contributed by atoms with Crippen molar-refractivity contribution in [3.05, 3.63) is 59.2 Å². The van der Waals surface area contributed by atoms with Gasteiger partial charge in [0.15, 0.2) is 10.9 Å². The van der Waals surface area contributed by atoms with Crippen molar-refractivity contribution in [1.29, 1.82) is 0 Å². The predicted octanol–water partition coefficient (Wildman–Crippen LogP) is 3.24. The Labute approximate surface area is 142 Å². The van der Waals surface area contributed by atoms with Crippen LogP contribution in [0, 0.1) is 0 Å². The van der Waals surface area contributed by atoms with Crippen molar-refractivity contribution in [1.82, 2.24) is 4.98 Å². The van der Waals surface area contributed by atoms with Gasteiger partial charge in [0.05, 0.1) is 11.5 Å². The van der Waals surface area contributed by atoms with Gasteiger partial charge < -0.3 is 15.5 Å². The van der Waals surface area contributed by atoms with Crippen LogP contribution in [0.3, 0.4) is 0 Å². The summed E-state index contributed by atoms with van der Waals surface area (Å²) in [6.45, 7) is 1.84. The number of rotatable bonds is 5. The van der Waals surface area contributed by atoms with Crippen molar-refractivity contribution in [2.45, 2.75) is 12.8 Å². The van der Waals surface area contributed by atoms with Crippen LogP contribution in [0.4, 0.5) is 5.13 Å². The van der Waals surface area contributed by atoms with Gasteiger partial charge in [-0.2, -0.15) is 0 Å². The van der Waals surface area contributed by atoms with E-state index in [0.29, 0.717) is 16.6 Å². The molecule has 0 bridgehead atoms. The van der Waals surface area contributed by atoms with Gasteiger partial charge in [-0.3, -0.25) is 9.59 Å². The maximum absolute atomic E-state index is 12.3. The molecule has 0 aliphatic rings. The Bertz CT molecular complexity index is 870. The fourth-order valence-electron chi connectivity index (χ4n) is 2.15. The first-order valence-electron chi connectivity index (χ1n) is 7.24. The molecule has 2 heterocycles. The lowest BCUT2D eigenvalue weighted by Crippen LogP contribution is -2.18. The Hall–Kier alpha value is -2.93. The summed E-state index contributed by atoms with van der Waals surface area (Å²) in [4.78, 5) is 27.7. The average Bonchev–Trinajstić information content (AvgIpc) is 3.24. The molecule has 0 aliphatic heterocycles. The van der Waals surface area contributed by atoms with Gasteiger partial charge in [0.2, 0.25) is 5.91 Å². The molecule has 0 radical (unpaired) electrons. The van der Waals surface area contributed by atoms with Gasteiger partial charge in [-0.1, -0.05) is 30.3 Å². The monoisotopic (exact) mass is 341 g/mol. The zero-order valence-corrected chi connectivity index (χ0v) is 13.7. The summed E-state index contributed by atoms with van der Waals surface area (Å²) in [6.07, 6.45) is 1.28. The number of nitrogens with one attached hydrogen (secondary N) is 1. The fourth-order valence-corrected chi connectivity index (χ4v) is 2.85. The highest BCUT2D eigenvalue weighted by molar-refractivity contribution is 7.14. The third-order valence-electron chi connectivity index (χ3n) is 3.56. The molecule has 0 unspecified atom stereocenters. The number of carbonyl (C=O) groups is 2. The maximum Gasteiger partial charge on any atom is 0.251 e. The van der Waals surface area contributed by atoms with Gasteiger partial charge >= 0.3 is 0 Å². The number of aromatic nitrogens is 1. The Morgan fingerprint density at radius 2 is 2.04 bits per heavy atom. The molecule has 3 rings (SSSR count). The number of primary amides is 1. The summed E-state index contributed by atoms with van der Waals surface area (Å²) in [5, 5.41) is 5.00. The van der Waals surface area contributed by atoms with E-state index >= 15 is 0 Å². The number of nitrogens with two attached hydrogens (primary N) is 1. The number of thiazole rings is 1. The van der Waals surface area contributed by atoms with E-state index in [1.165, 1.54) is 23.7 Å².